The van der Waals surface area contributed by atoms with Gasteiger partial charge in [-0.1, -0.05) is 30.3 Å². The van der Waals surface area contributed by atoms with Crippen LogP contribution in [0.2, 0.25) is 0 Å². The largest absolute Gasteiger partial charge is 0.508 e. The number of carbonyl (C=O) groups excluding carboxylic acids is 3. The fraction of sp³-hybridized carbons (Fsp3) is 0.296. The number of hydrogen-bond donors (Lipinski definition) is 9. The normalized spacial score (nSPS) is 13.9. The lowest BCUT2D eigenvalue weighted by Crippen LogP contribution is -2.58. The fourth-order valence-corrected chi connectivity index (χ4v) is 4.10. The summed E-state index contributed by atoms with van der Waals surface area (Å²) in [6.07, 6.45) is 0.832. The van der Waals surface area contributed by atoms with E-state index in [1.165, 1.54) is 24.3 Å². The van der Waals surface area contributed by atoms with E-state index in [1.807, 2.05) is 29.6 Å². The van der Waals surface area contributed by atoms with Crippen molar-refractivity contribution in [1.29, 1.82) is 0 Å². The number of aromatic amines is 1. The van der Waals surface area contributed by atoms with E-state index in [-0.39, 0.29) is 18.6 Å². The Balaban J connectivity index is 1.79. The van der Waals surface area contributed by atoms with Crippen molar-refractivity contribution < 1.29 is 44.4 Å². The third-order valence-corrected chi connectivity index (χ3v) is 6.27. The molecular weight excluding hydrogens is 538 g/mol. The lowest BCUT2D eigenvalue weighted by molar-refractivity contribution is -0.144. The molecule has 10 N–H and O–H groups in total. The predicted octanol–water partition coefficient (Wildman–Crippen LogP) is -1.01. The van der Waals surface area contributed by atoms with E-state index in [0.717, 1.165) is 16.5 Å². The number of H-pyrrole nitrogens is 1. The molecule has 0 aliphatic rings. The number of rotatable bonds is 14. The minimum Gasteiger partial charge on any atom is -0.508 e. The average Bonchev–Trinajstić information content (AvgIpc) is 3.34. The van der Waals surface area contributed by atoms with Gasteiger partial charge in [0, 0.05) is 23.5 Å². The second kappa shape index (κ2) is 13.9. The molecular formula is C27H31N5O9. The number of amides is 3. The molecule has 0 fully saturated rings. The van der Waals surface area contributed by atoms with Crippen molar-refractivity contribution in [2.45, 2.75) is 43.4 Å². The summed E-state index contributed by atoms with van der Waals surface area (Å²) in [5.74, 6) is -5.87. The molecule has 3 amide bonds. The molecule has 4 unspecified atom stereocenters. The molecule has 14 heteroatoms. The molecule has 0 spiro atoms. The van der Waals surface area contributed by atoms with Gasteiger partial charge in [-0.15, -0.1) is 0 Å². The number of aliphatic hydroxyl groups is 1. The number of aliphatic hydroxyl groups excluding tert-OH is 1. The summed E-state index contributed by atoms with van der Waals surface area (Å²) in [7, 11) is 0. The van der Waals surface area contributed by atoms with Gasteiger partial charge >= 0.3 is 11.9 Å². The molecule has 2 aromatic carbocycles. The van der Waals surface area contributed by atoms with Crippen LogP contribution in [0.5, 0.6) is 5.75 Å². The van der Waals surface area contributed by atoms with Gasteiger partial charge in [-0.05, 0) is 35.7 Å². The maximum absolute atomic E-state index is 13.3. The van der Waals surface area contributed by atoms with Crippen molar-refractivity contribution in [2.24, 2.45) is 5.73 Å². The van der Waals surface area contributed by atoms with E-state index in [2.05, 4.69) is 15.6 Å². The minimum absolute atomic E-state index is 0.0328. The first-order valence-corrected chi connectivity index (χ1v) is 12.5. The highest BCUT2D eigenvalue weighted by atomic mass is 16.4. The minimum atomic E-state index is -1.73. The summed E-state index contributed by atoms with van der Waals surface area (Å²) >= 11 is 0. The van der Waals surface area contributed by atoms with Gasteiger partial charge in [0.05, 0.1) is 19.1 Å². The van der Waals surface area contributed by atoms with Crippen molar-refractivity contribution in [1.82, 2.24) is 20.9 Å². The van der Waals surface area contributed by atoms with Crippen LogP contribution >= 0.6 is 0 Å². The number of benzene rings is 2. The zero-order valence-corrected chi connectivity index (χ0v) is 21.7. The van der Waals surface area contributed by atoms with Gasteiger partial charge in [0.25, 0.3) is 0 Å². The van der Waals surface area contributed by atoms with E-state index in [0.29, 0.717) is 5.56 Å². The molecule has 0 aliphatic carbocycles. The standard InChI is InChI=1S/C27H31N5O9/c28-18(10-15-12-29-19-4-2-1-3-17(15)19)24(37)30-20(9-14-5-7-16(34)8-6-14)25(38)31-21(11-23(35)36)26(39)32-22(13-33)27(40)41/h1-8,12,18,20-22,29,33-34H,9-11,13,28H2,(H,30,37)(H,31,38)(H,32,39)(H,35,36)(H,40,41). The number of phenolic OH excluding ortho intramolecular Hbond substituents is 1. The SMILES string of the molecule is NC(Cc1c[nH]c2ccccc12)C(=O)NC(Cc1ccc(O)cc1)C(=O)NC(CC(=O)O)C(=O)NC(CO)C(=O)O. The molecule has 0 radical (unpaired) electrons. The van der Waals surface area contributed by atoms with Crippen LogP contribution < -0.4 is 21.7 Å². The number of hydrogen-bond acceptors (Lipinski definition) is 8. The fourth-order valence-electron chi connectivity index (χ4n) is 4.10. The molecule has 0 aliphatic heterocycles. The van der Waals surface area contributed by atoms with Crippen LogP contribution in [0.4, 0.5) is 0 Å². The van der Waals surface area contributed by atoms with E-state index in [4.69, 9.17) is 10.8 Å². The molecule has 14 nitrogen and oxygen atoms in total. The number of aromatic nitrogens is 1. The lowest BCUT2D eigenvalue weighted by atomic mass is 10.0. The van der Waals surface area contributed by atoms with Gasteiger partial charge in [0.1, 0.15) is 23.9 Å². The Labute approximate surface area is 233 Å². The number of fused-ring (bicyclic) bond motifs is 1. The molecule has 3 rings (SSSR count). The number of aromatic hydroxyl groups is 1. The van der Waals surface area contributed by atoms with Crippen molar-refractivity contribution in [3.63, 3.8) is 0 Å². The number of nitrogens with one attached hydrogen (secondary N) is 4. The monoisotopic (exact) mass is 569 g/mol. The molecule has 218 valence electrons. The summed E-state index contributed by atoms with van der Waals surface area (Å²) in [6, 6.07) is 7.31. The second-order valence-electron chi connectivity index (χ2n) is 9.34. The number of carboxylic acids is 2. The van der Waals surface area contributed by atoms with Gasteiger partial charge in [-0.2, -0.15) is 0 Å². The smallest absolute Gasteiger partial charge is 0.328 e. The molecule has 0 bridgehead atoms. The Hall–Kier alpha value is -4.95. The van der Waals surface area contributed by atoms with E-state index in [1.54, 1.807) is 6.20 Å². The predicted molar refractivity (Wildman–Crippen MR) is 145 cm³/mol. The first-order valence-electron chi connectivity index (χ1n) is 12.5. The quantitative estimate of drug-likeness (QED) is 0.114. The third kappa shape index (κ3) is 8.52. The van der Waals surface area contributed by atoms with Gasteiger partial charge in [0.2, 0.25) is 17.7 Å². The Morgan fingerprint density at radius 3 is 2.05 bits per heavy atom. The first-order chi connectivity index (χ1) is 19.5. The van der Waals surface area contributed by atoms with Crippen LogP contribution in [0.3, 0.4) is 0 Å². The highest BCUT2D eigenvalue weighted by molar-refractivity contribution is 5.96. The summed E-state index contributed by atoms with van der Waals surface area (Å²) in [5, 5.41) is 44.7. The molecule has 41 heavy (non-hydrogen) atoms. The van der Waals surface area contributed by atoms with Crippen molar-refractivity contribution in [2.75, 3.05) is 6.61 Å². The molecule has 0 saturated heterocycles. The van der Waals surface area contributed by atoms with Crippen molar-refractivity contribution >= 4 is 40.6 Å². The Morgan fingerprint density at radius 1 is 0.805 bits per heavy atom. The second-order valence-corrected chi connectivity index (χ2v) is 9.34. The van der Waals surface area contributed by atoms with E-state index < -0.39 is 66.9 Å². The van der Waals surface area contributed by atoms with E-state index >= 15 is 0 Å². The number of nitrogens with two attached hydrogens (primary N) is 1. The van der Waals surface area contributed by atoms with Crippen LogP contribution in [-0.4, -0.2) is 85.8 Å². The van der Waals surface area contributed by atoms with E-state index in [9.17, 15) is 39.3 Å². The molecule has 1 heterocycles. The average molecular weight is 570 g/mol. The topological polar surface area (TPSA) is 244 Å². The highest BCUT2D eigenvalue weighted by Crippen LogP contribution is 2.19. The zero-order chi connectivity index (χ0) is 30.1. The van der Waals surface area contributed by atoms with Crippen molar-refractivity contribution in [3.8, 4) is 5.75 Å². The summed E-state index contributed by atoms with van der Waals surface area (Å²) in [6.45, 7) is -0.970. The van der Waals surface area contributed by atoms with Crippen LogP contribution in [0.25, 0.3) is 10.9 Å². The molecule has 1 aromatic heterocycles. The van der Waals surface area contributed by atoms with Gasteiger partial charge in [-0.3, -0.25) is 19.2 Å². The van der Waals surface area contributed by atoms with Gasteiger partial charge in [0.15, 0.2) is 0 Å². The number of carboxylic acid groups (broad SMARTS) is 2. The zero-order valence-electron chi connectivity index (χ0n) is 21.7. The van der Waals surface area contributed by atoms with Crippen LogP contribution in [-0.2, 0) is 36.8 Å². The third-order valence-electron chi connectivity index (χ3n) is 6.27. The lowest BCUT2D eigenvalue weighted by Gasteiger charge is -2.24. The summed E-state index contributed by atoms with van der Waals surface area (Å²) in [5.41, 5.74) is 8.31. The Morgan fingerprint density at radius 2 is 1.41 bits per heavy atom. The number of carbonyl (C=O) groups is 5. The molecule has 4 atom stereocenters. The first kappa shape index (κ1) is 30.6. The molecule has 0 saturated carbocycles. The number of phenols is 1. The Kier molecular flexibility index (Phi) is 10.4. The van der Waals surface area contributed by atoms with Crippen LogP contribution in [0.15, 0.2) is 54.7 Å². The maximum atomic E-state index is 13.3. The van der Waals surface area contributed by atoms with Crippen LogP contribution in [0, 0.1) is 0 Å². The number of para-hydroxylation sites is 1. The summed E-state index contributed by atoms with van der Waals surface area (Å²) in [4.78, 5) is 64.7. The maximum Gasteiger partial charge on any atom is 0.328 e. The van der Waals surface area contributed by atoms with Gasteiger partial charge in [-0.25, -0.2) is 4.79 Å². The number of aliphatic carboxylic acids is 2. The van der Waals surface area contributed by atoms with Crippen molar-refractivity contribution in [3.05, 3.63) is 65.9 Å². The van der Waals surface area contributed by atoms with Crippen LogP contribution in [0.1, 0.15) is 17.5 Å². The highest BCUT2D eigenvalue weighted by Gasteiger charge is 2.31. The molecule has 3 aromatic rings. The Bertz CT molecular complexity index is 1410. The van der Waals surface area contributed by atoms with Gasteiger partial charge < -0.3 is 47.1 Å². The summed E-state index contributed by atoms with van der Waals surface area (Å²) < 4.78 is 0.